The minimum Gasteiger partial charge on any atom is -0.481 e. The average Bonchev–Trinajstić information content (AvgIpc) is 4.17. The molecule has 3 aliphatic heterocycles. The number of rotatable bonds is 29. The van der Waals surface area contributed by atoms with Gasteiger partial charge >= 0.3 is 11.9 Å². The van der Waals surface area contributed by atoms with Crippen molar-refractivity contribution in [1.29, 1.82) is 0 Å². The Labute approximate surface area is 449 Å². The number of likely N-dealkylation sites (tertiary alicyclic amines) is 3. The van der Waals surface area contributed by atoms with Gasteiger partial charge in [-0.05, 0) is 95.8 Å². The summed E-state index contributed by atoms with van der Waals surface area (Å²) in [4.78, 5) is 155. The van der Waals surface area contributed by atoms with Crippen LogP contribution in [0.1, 0.15) is 132 Å². The second kappa shape index (κ2) is 30.3. The van der Waals surface area contributed by atoms with Crippen LogP contribution in [0.3, 0.4) is 0 Å². The molecule has 12 atom stereocenters. The molecule has 0 unspecified atom stereocenters. The number of amides is 9. The maximum absolute atomic E-state index is 14.5. The number of guanidine groups is 1. The first-order chi connectivity index (χ1) is 36.1. The number of carbonyl (C=O) groups is 11. The molecule has 3 saturated heterocycles. The van der Waals surface area contributed by atoms with Crippen molar-refractivity contribution in [3.8, 4) is 0 Å². The van der Waals surface area contributed by atoms with E-state index in [2.05, 4.69) is 36.9 Å². The predicted molar refractivity (Wildman–Crippen MR) is 279 cm³/mol. The topological polar surface area (TPSA) is 421 Å². The molecular weight excluding hydrogens is 1010 g/mol. The molecule has 0 aromatic carbocycles. The molecule has 3 heterocycles. The molecule has 27 heteroatoms. The van der Waals surface area contributed by atoms with Crippen molar-refractivity contribution in [2.24, 2.45) is 39.9 Å². The summed E-state index contributed by atoms with van der Waals surface area (Å²) < 4.78 is 0. The molecule has 77 heavy (non-hydrogen) atoms. The summed E-state index contributed by atoms with van der Waals surface area (Å²) in [5.41, 5.74) is 16.8. The number of aliphatic carboxylic acids is 2. The molecule has 27 nitrogen and oxygen atoms in total. The third-order valence-corrected chi connectivity index (χ3v) is 14.2. The van der Waals surface area contributed by atoms with Crippen LogP contribution in [0, 0.1) is 17.8 Å². The number of aliphatic imine (C=N–C) groups is 1. The van der Waals surface area contributed by atoms with Gasteiger partial charge in [0.1, 0.15) is 54.4 Å². The summed E-state index contributed by atoms with van der Waals surface area (Å²) >= 11 is 0. The van der Waals surface area contributed by atoms with Gasteiger partial charge in [-0.2, -0.15) is 0 Å². The Morgan fingerprint density at radius 1 is 0.610 bits per heavy atom. The average molecular weight is 1090 g/mol. The molecule has 0 aromatic rings. The van der Waals surface area contributed by atoms with E-state index in [0.717, 1.165) is 0 Å². The number of carboxylic acids is 2. The van der Waals surface area contributed by atoms with Crippen LogP contribution in [0.15, 0.2) is 4.99 Å². The van der Waals surface area contributed by atoms with Gasteiger partial charge in [-0.15, -0.1) is 0 Å². The number of hydrogen-bond acceptors (Lipinski definition) is 14. The predicted octanol–water partition coefficient (Wildman–Crippen LogP) is -2.65. The molecule has 0 aromatic heterocycles. The summed E-state index contributed by atoms with van der Waals surface area (Å²) in [6, 6.07) is -12.0. The van der Waals surface area contributed by atoms with Gasteiger partial charge in [0.2, 0.25) is 53.2 Å². The van der Waals surface area contributed by atoms with E-state index in [0.29, 0.717) is 32.1 Å². The Morgan fingerprint density at radius 3 is 1.66 bits per heavy atom. The first-order valence-corrected chi connectivity index (χ1v) is 26.8. The largest absolute Gasteiger partial charge is 0.481 e. The monoisotopic (exact) mass is 1090 g/mol. The zero-order valence-corrected chi connectivity index (χ0v) is 45.7. The second-order valence-corrected chi connectivity index (χ2v) is 21.2. The van der Waals surface area contributed by atoms with Crippen molar-refractivity contribution in [2.75, 3.05) is 26.2 Å². The molecule has 0 saturated carbocycles. The van der Waals surface area contributed by atoms with Gasteiger partial charge in [-0.3, -0.25) is 52.9 Å². The lowest BCUT2D eigenvalue weighted by atomic mass is 9.95. The SMILES string of the molecule is CC[C@H](C)[C@H](NC(=O)[C@@H](NC(=O)[C@@H](N)CCCN=C(N)N)C(C)C)C(=O)N[C@@H](CC(C)C)C(=O)N1CCC[C@H]1C(=O)N[C@H](C(=O)N[C@@H](C)C(=O)N1CCC[C@H]1C(=O)N1CCC[C@H]1C(=O)N[C@@H](CCC(=O)O)C(=O)O)[C@@H](C)O. The fourth-order valence-corrected chi connectivity index (χ4v) is 9.69. The van der Waals surface area contributed by atoms with E-state index in [1.165, 1.54) is 28.5 Å². The molecule has 9 amide bonds. The summed E-state index contributed by atoms with van der Waals surface area (Å²) in [7, 11) is 0. The highest BCUT2D eigenvalue weighted by Gasteiger charge is 2.45. The molecule has 3 fully saturated rings. The van der Waals surface area contributed by atoms with Gasteiger partial charge in [-0.1, -0.05) is 48.0 Å². The summed E-state index contributed by atoms with van der Waals surface area (Å²) in [6.45, 7) is 14.0. The van der Waals surface area contributed by atoms with Crippen molar-refractivity contribution in [2.45, 2.75) is 199 Å². The van der Waals surface area contributed by atoms with E-state index in [9.17, 15) is 63.0 Å². The van der Waals surface area contributed by atoms with Crippen molar-refractivity contribution in [3.63, 3.8) is 0 Å². The van der Waals surface area contributed by atoms with Crippen LogP contribution in [-0.4, -0.2) is 194 Å². The van der Waals surface area contributed by atoms with Gasteiger partial charge in [0.25, 0.3) is 0 Å². The standard InChI is InChI=1S/C50H85N13O14/c1-9-27(6)38(59-43(70)37(26(4)5)58-40(67)30(51)14-10-20-54-50(52)53)44(71)57-32(24-25(2)3)47(74)61-21-11-16-34(61)42(69)60-39(29(8)64)45(72)55-28(7)46(73)63-23-13-17-35(63)48(75)62-22-12-15-33(62)41(68)56-31(49(76)77)18-19-36(65)66/h25-35,37-39,64H,9-24,51H2,1-8H3,(H,55,72)(H,56,68)(H,57,71)(H,58,67)(H,59,70)(H,60,69)(H,65,66)(H,76,77)(H4,52,53,54)/t27-,28-,29+,30-,31-,32-,33-,34-,35-,37-,38-,39-/m0/s1. The minimum atomic E-state index is -1.61. The van der Waals surface area contributed by atoms with Gasteiger partial charge in [0, 0.05) is 32.6 Å². The highest BCUT2D eigenvalue weighted by atomic mass is 16.4. The Bertz CT molecular complexity index is 2160. The highest BCUT2D eigenvalue weighted by molar-refractivity contribution is 5.99. The van der Waals surface area contributed by atoms with Gasteiger partial charge in [0.15, 0.2) is 5.96 Å². The minimum absolute atomic E-state index is 0.0948. The molecular formula is C50H85N13O14. The molecule has 3 rings (SSSR count). The quantitative estimate of drug-likeness (QED) is 0.0207. The van der Waals surface area contributed by atoms with Crippen LogP contribution in [0.4, 0.5) is 0 Å². The normalized spacial score (nSPS) is 20.8. The highest BCUT2D eigenvalue weighted by Crippen LogP contribution is 2.27. The van der Waals surface area contributed by atoms with Crippen LogP contribution in [0.25, 0.3) is 0 Å². The third kappa shape index (κ3) is 18.8. The zero-order chi connectivity index (χ0) is 58.0. The van der Waals surface area contributed by atoms with Gasteiger partial charge < -0.3 is 79.1 Å². The number of carboxylic acid groups (broad SMARTS) is 2. The van der Waals surface area contributed by atoms with Crippen molar-refractivity contribution < 1.29 is 68.1 Å². The number of carbonyl (C=O) groups excluding carboxylic acids is 9. The smallest absolute Gasteiger partial charge is 0.326 e. The molecule has 434 valence electrons. The van der Waals surface area contributed by atoms with E-state index in [1.807, 2.05) is 20.8 Å². The van der Waals surface area contributed by atoms with E-state index >= 15 is 0 Å². The summed E-state index contributed by atoms with van der Waals surface area (Å²) in [5.74, 6) is -9.96. The lowest BCUT2D eigenvalue weighted by Gasteiger charge is -2.33. The van der Waals surface area contributed by atoms with Crippen LogP contribution in [0.2, 0.25) is 0 Å². The van der Waals surface area contributed by atoms with Crippen LogP contribution >= 0.6 is 0 Å². The second-order valence-electron chi connectivity index (χ2n) is 21.2. The molecule has 15 N–H and O–H groups in total. The fourth-order valence-electron chi connectivity index (χ4n) is 9.69. The van der Waals surface area contributed by atoms with E-state index in [1.54, 1.807) is 20.8 Å². The van der Waals surface area contributed by atoms with Crippen molar-refractivity contribution in [3.05, 3.63) is 0 Å². The summed E-state index contributed by atoms with van der Waals surface area (Å²) in [6.07, 6.45) is 0.656. The van der Waals surface area contributed by atoms with E-state index in [4.69, 9.17) is 22.3 Å². The van der Waals surface area contributed by atoms with Crippen molar-refractivity contribution in [1.82, 2.24) is 46.6 Å². The lowest BCUT2D eigenvalue weighted by molar-refractivity contribution is -0.149. The number of nitrogens with zero attached hydrogens (tertiary/aromatic N) is 4. The Hall–Kier alpha value is -6.64. The first kappa shape index (κ1) is 64.6. The maximum atomic E-state index is 14.5. The third-order valence-electron chi connectivity index (χ3n) is 14.2. The Kier molecular flexibility index (Phi) is 25.5. The number of nitrogens with one attached hydrogen (secondary N) is 6. The summed E-state index contributed by atoms with van der Waals surface area (Å²) in [5, 5.41) is 45.1. The number of aliphatic hydroxyl groups is 1. The van der Waals surface area contributed by atoms with Crippen LogP contribution in [-0.2, 0) is 52.7 Å². The lowest BCUT2D eigenvalue weighted by Crippen LogP contribution is -2.62. The van der Waals surface area contributed by atoms with Gasteiger partial charge in [-0.25, -0.2) is 4.79 Å². The zero-order valence-electron chi connectivity index (χ0n) is 45.7. The molecule has 3 aliphatic rings. The molecule has 0 aliphatic carbocycles. The fraction of sp³-hybridized carbons (Fsp3) is 0.760. The molecule has 0 radical (unpaired) electrons. The Balaban J connectivity index is 1.71. The van der Waals surface area contributed by atoms with E-state index in [-0.39, 0.29) is 76.6 Å². The van der Waals surface area contributed by atoms with Crippen molar-refractivity contribution >= 4 is 71.1 Å². The Morgan fingerprint density at radius 2 is 1.13 bits per heavy atom. The van der Waals surface area contributed by atoms with E-state index < -0.39 is 150 Å². The van der Waals surface area contributed by atoms with Crippen LogP contribution in [0.5, 0.6) is 0 Å². The van der Waals surface area contributed by atoms with Gasteiger partial charge in [0.05, 0.1) is 12.1 Å². The first-order valence-electron chi connectivity index (χ1n) is 26.8. The molecule has 0 spiro atoms. The number of nitrogens with two attached hydrogens (primary N) is 3. The number of hydrogen-bond donors (Lipinski definition) is 12. The van der Waals surface area contributed by atoms with Crippen LogP contribution < -0.4 is 49.1 Å². The maximum Gasteiger partial charge on any atom is 0.326 e. The molecule has 0 bridgehead atoms. The number of aliphatic hydroxyl groups excluding tert-OH is 1.